The van der Waals surface area contributed by atoms with Gasteiger partial charge in [-0.2, -0.15) is 5.10 Å². The molecule has 124 valence electrons. The smallest absolute Gasteiger partial charge is 0.271 e. The van der Waals surface area contributed by atoms with Crippen LogP contribution in [0.25, 0.3) is 5.95 Å². The molecule has 2 heterocycles. The average molecular weight is 326 g/mol. The van der Waals surface area contributed by atoms with Gasteiger partial charge in [0.2, 0.25) is 0 Å². The quantitative estimate of drug-likeness (QED) is 0.790. The Kier molecular flexibility index (Phi) is 4.03. The lowest BCUT2D eigenvalue weighted by atomic mass is 10.2. The third kappa shape index (κ3) is 2.85. The van der Waals surface area contributed by atoms with E-state index in [0.29, 0.717) is 23.1 Å². The van der Waals surface area contributed by atoms with Gasteiger partial charge >= 0.3 is 0 Å². The van der Waals surface area contributed by atoms with Crippen LogP contribution in [0.15, 0.2) is 30.3 Å². The zero-order valence-corrected chi connectivity index (χ0v) is 13.9. The van der Waals surface area contributed by atoms with Gasteiger partial charge in [0.05, 0.1) is 12.8 Å². The van der Waals surface area contributed by atoms with E-state index in [4.69, 9.17) is 4.74 Å². The second kappa shape index (κ2) is 6.15. The molecule has 0 aliphatic heterocycles. The SMILES string of the molecule is COc1ccc(C(=O)Nn2c(C)nnc2-n2nc(C)cc2C)cc1. The van der Waals surface area contributed by atoms with E-state index in [2.05, 4.69) is 20.7 Å². The zero-order chi connectivity index (χ0) is 17.3. The van der Waals surface area contributed by atoms with E-state index in [1.807, 2.05) is 19.9 Å². The molecule has 0 unspecified atom stereocenters. The van der Waals surface area contributed by atoms with Gasteiger partial charge in [0, 0.05) is 11.3 Å². The standard InChI is InChI=1S/C16H18N6O2/c1-10-9-11(2)21(19-10)16-18-17-12(3)22(16)20-15(23)13-5-7-14(24-4)8-6-13/h5-9H,1-4H3,(H,20,23). The highest BCUT2D eigenvalue weighted by Gasteiger charge is 2.17. The summed E-state index contributed by atoms with van der Waals surface area (Å²) in [6.45, 7) is 5.57. The van der Waals surface area contributed by atoms with E-state index in [-0.39, 0.29) is 5.91 Å². The first-order chi connectivity index (χ1) is 11.5. The lowest BCUT2D eigenvalue weighted by Gasteiger charge is -2.11. The van der Waals surface area contributed by atoms with Gasteiger partial charge in [-0.05, 0) is 51.1 Å². The van der Waals surface area contributed by atoms with Crippen molar-refractivity contribution < 1.29 is 9.53 Å². The normalized spacial score (nSPS) is 10.7. The molecule has 3 rings (SSSR count). The summed E-state index contributed by atoms with van der Waals surface area (Å²) in [5.74, 6) is 1.40. The highest BCUT2D eigenvalue weighted by molar-refractivity contribution is 6.00. The van der Waals surface area contributed by atoms with Crippen molar-refractivity contribution >= 4 is 5.91 Å². The summed E-state index contributed by atoms with van der Waals surface area (Å²) in [6.07, 6.45) is 0. The average Bonchev–Trinajstić information content (AvgIpc) is 3.09. The molecule has 0 aliphatic carbocycles. The van der Waals surface area contributed by atoms with Crippen molar-refractivity contribution in [1.29, 1.82) is 0 Å². The first-order valence-corrected chi connectivity index (χ1v) is 7.40. The Balaban J connectivity index is 1.91. The molecule has 0 aliphatic rings. The molecule has 1 amide bonds. The maximum Gasteiger partial charge on any atom is 0.271 e. The van der Waals surface area contributed by atoms with Gasteiger partial charge in [0.1, 0.15) is 5.75 Å². The molecule has 24 heavy (non-hydrogen) atoms. The summed E-state index contributed by atoms with van der Waals surface area (Å²) in [5.41, 5.74) is 5.07. The molecule has 1 aromatic carbocycles. The minimum atomic E-state index is -0.275. The van der Waals surface area contributed by atoms with Gasteiger partial charge in [0.15, 0.2) is 5.82 Å². The van der Waals surface area contributed by atoms with Crippen LogP contribution >= 0.6 is 0 Å². The number of rotatable bonds is 4. The molecule has 0 fully saturated rings. The number of nitrogens with one attached hydrogen (secondary N) is 1. The lowest BCUT2D eigenvalue weighted by Crippen LogP contribution is -2.26. The Morgan fingerprint density at radius 3 is 2.42 bits per heavy atom. The Bertz CT molecular complexity index is 879. The van der Waals surface area contributed by atoms with Gasteiger partial charge in [0.25, 0.3) is 11.9 Å². The fourth-order valence-electron chi connectivity index (χ4n) is 2.36. The number of hydrogen-bond acceptors (Lipinski definition) is 5. The lowest BCUT2D eigenvalue weighted by molar-refractivity contribution is 0.101. The van der Waals surface area contributed by atoms with Crippen molar-refractivity contribution in [3.8, 4) is 11.7 Å². The Hall–Kier alpha value is -3.16. The van der Waals surface area contributed by atoms with Crippen LogP contribution in [0.3, 0.4) is 0 Å². The number of aryl methyl sites for hydroxylation is 3. The summed E-state index contributed by atoms with van der Waals surface area (Å²) in [6, 6.07) is 8.78. The van der Waals surface area contributed by atoms with Crippen LogP contribution in [0, 0.1) is 20.8 Å². The van der Waals surface area contributed by atoms with Gasteiger partial charge in [-0.1, -0.05) is 0 Å². The van der Waals surface area contributed by atoms with Crippen LogP contribution < -0.4 is 10.2 Å². The molecule has 0 atom stereocenters. The van der Waals surface area contributed by atoms with Gasteiger partial charge < -0.3 is 4.74 Å². The summed E-state index contributed by atoms with van der Waals surface area (Å²) >= 11 is 0. The molecular formula is C16H18N6O2. The van der Waals surface area contributed by atoms with Crippen LogP contribution in [-0.2, 0) is 0 Å². The second-order valence-electron chi connectivity index (χ2n) is 5.39. The van der Waals surface area contributed by atoms with E-state index in [9.17, 15) is 4.79 Å². The van der Waals surface area contributed by atoms with E-state index in [1.165, 1.54) is 4.68 Å². The predicted octanol–water partition coefficient (Wildman–Crippen LogP) is 1.78. The minimum Gasteiger partial charge on any atom is -0.497 e. The Labute approximate surface area is 139 Å². The molecule has 0 bridgehead atoms. The van der Waals surface area contributed by atoms with E-state index >= 15 is 0 Å². The number of nitrogens with zero attached hydrogens (tertiary/aromatic N) is 5. The molecular weight excluding hydrogens is 308 g/mol. The number of carbonyl (C=O) groups is 1. The number of carbonyl (C=O) groups excluding carboxylic acids is 1. The number of benzene rings is 1. The van der Waals surface area contributed by atoms with Gasteiger partial charge in [-0.25, -0.2) is 9.36 Å². The van der Waals surface area contributed by atoms with Crippen molar-refractivity contribution in [3.63, 3.8) is 0 Å². The summed E-state index contributed by atoms with van der Waals surface area (Å²) in [5, 5.41) is 12.5. The third-order valence-electron chi connectivity index (χ3n) is 3.57. The first kappa shape index (κ1) is 15.7. The molecule has 0 saturated carbocycles. The maximum atomic E-state index is 12.5. The highest BCUT2D eigenvalue weighted by atomic mass is 16.5. The molecule has 2 aromatic heterocycles. The predicted molar refractivity (Wildman–Crippen MR) is 88.0 cm³/mol. The summed E-state index contributed by atoms with van der Waals surface area (Å²) in [7, 11) is 1.58. The fraction of sp³-hybridized carbons (Fsp3) is 0.250. The Morgan fingerprint density at radius 2 is 1.83 bits per heavy atom. The molecule has 0 saturated heterocycles. The summed E-state index contributed by atoms with van der Waals surface area (Å²) < 4.78 is 8.26. The van der Waals surface area contributed by atoms with Crippen molar-refractivity contribution in [1.82, 2.24) is 24.7 Å². The molecule has 0 radical (unpaired) electrons. The van der Waals surface area contributed by atoms with Crippen molar-refractivity contribution in [3.05, 3.63) is 53.1 Å². The second-order valence-corrected chi connectivity index (χ2v) is 5.39. The number of hydrogen-bond donors (Lipinski definition) is 1. The van der Waals surface area contributed by atoms with Crippen LogP contribution in [0.1, 0.15) is 27.6 Å². The van der Waals surface area contributed by atoms with Crippen LogP contribution in [0.2, 0.25) is 0 Å². The van der Waals surface area contributed by atoms with Crippen LogP contribution in [0.5, 0.6) is 5.75 Å². The molecule has 8 nitrogen and oxygen atoms in total. The third-order valence-corrected chi connectivity index (χ3v) is 3.57. The molecule has 8 heteroatoms. The summed E-state index contributed by atoms with van der Waals surface area (Å²) in [4.78, 5) is 12.5. The maximum absolute atomic E-state index is 12.5. The van der Waals surface area contributed by atoms with Crippen molar-refractivity contribution in [2.45, 2.75) is 20.8 Å². The van der Waals surface area contributed by atoms with Crippen molar-refractivity contribution in [2.75, 3.05) is 12.5 Å². The number of aromatic nitrogens is 5. The van der Waals surface area contributed by atoms with E-state index < -0.39 is 0 Å². The number of amides is 1. The van der Waals surface area contributed by atoms with Crippen LogP contribution in [-0.4, -0.2) is 37.7 Å². The Morgan fingerprint density at radius 1 is 1.12 bits per heavy atom. The topological polar surface area (TPSA) is 86.9 Å². The highest BCUT2D eigenvalue weighted by Crippen LogP contribution is 2.13. The number of methoxy groups -OCH3 is 1. The molecule has 0 spiro atoms. The largest absolute Gasteiger partial charge is 0.497 e. The number of ether oxygens (including phenoxy) is 1. The fourth-order valence-corrected chi connectivity index (χ4v) is 2.36. The van der Waals surface area contributed by atoms with Gasteiger partial charge in [-0.3, -0.25) is 10.2 Å². The van der Waals surface area contributed by atoms with Gasteiger partial charge in [-0.15, -0.1) is 10.2 Å². The van der Waals surface area contributed by atoms with E-state index in [1.54, 1.807) is 43.0 Å². The van der Waals surface area contributed by atoms with Crippen LogP contribution in [0.4, 0.5) is 0 Å². The van der Waals surface area contributed by atoms with E-state index in [0.717, 1.165) is 11.4 Å². The first-order valence-electron chi connectivity index (χ1n) is 7.40. The molecule has 3 aromatic rings. The monoisotopic (exact) mass is 326 g/mol. The minimum absolute atomic E-state index is 0.275. The van der Waals surface area contributed by atoms with Crippen molar-refractivity contribution in [2.24, 2.45) is 0 Å². The molecule has 1 N–H and O–H groups in total. The zero-order valence-electron chi connectivity index (χ0n) is 13.9.